The van der Waals surface area contributed by atoms with Crippen molar-refractivity contribution in [3.63, 3.8) is 0 Å². The first-order valence-corrected chi connectivity index (χ1v) is 8.11. The number of hydrogen-bond acceptors (Lipinski definition) is 3. The Labute approximate surface area is 145 Å². The summed E-state index contributed by atoms with van der Waals surface area (Å²) in [6.45, 7) is 2.82. The van der Waals surface area contributed by atoms with Gasteiger partial charge in [-0.2, -0.15) is 5.10 Å². The minimum atomic E-state index is -0.156. The number of benzene rings is 1. The minimum absolute atomic E-state index is 0.0312. The molecule has 1 aliphatic heterocycles. The molecule has 3 rings (SSSR count). The zero-order valence-electron chi connectivity index (χ0n) is 13.6. The van der Waals surface area contributed by atoms with Gasteiger partial charge in [-0.05, 0) is 30.7 Å². The third kappa shape index (κ3) is 3.41. The van der Waals surface area contributed by atoms with E-state index < -0.39 is 0 Å². The molecule has 1 aromatic heterocycles. The molecule has 0 N–H and O–H groups in total. The van der Waals surface area contributed by atoms with Gasteiger partial charge in [0.1, 0.15) is 0 Å². The van der Waals surface area contributed by atoms with E-state index in [0.29, 0.717) is 30.1 Å². The second kappa shape index (κ2) is 6.61. The van der Waals surface area contributed by atoms with Crippen LogP contribution in [0.15, 0.2) is 40.7 Å². The fraction of sp³-hybridized carbons (Fsp3) is 0.278. The summed E-state index contributed by atoms with van der Waals surface area (Å²) in [4.78, 5) is 26.2. The third-order valence-corrected chi connectivity index (χ3v) is 4.37. The highest BCUT2D eigenvalue weighted by Gasteiger charge is 2.23. The van der Waals surface area contributed by atoms with E-state index in [1.54, 1.807) is 37.1 Å². The Balaban J connectivity index is 1.79. The van der Waals surface area contributed by atoms with Crippen molar-refractivity contribution in [2.45, 2.75) is 19.9 Å². The van der Waals surface area contributed by atoms with Gasteiger partial charge in [0.15, 0.2) is 0 Å². The number of fused-ring (bicyclic) bond motifs is 1. The third-order valence-electron chi connectivity index (χ3n) is 4.12. The average Bonchev–Trinajstić information content (AvgIpc) is 2.57. The Morgan fingerprint density at radius 3 is 2.71 bits per heavy atom. The fourth-order valence-electron chi connectivity index (χ4n) is 2.79. The van der Waals surface area contributed by atoms with Crippen molar-refractivity contribution >= 4 is 23.6 Å². The number of carbonyl (C=O) groups excluding carboxylic acids is 1. The topological polar surface area (TPSA) is 55.2 Å². The number of rotatable bonds is 2. The molecule has 0 bridgehead atoms. The highest BCUT2D eigenvalue weighted by atomic mass is 35.5. The van der Waals surface area contributed by atoms with E-state index in [1.807, 2.05) is 18.2 Å². The van der Waals surface area contributed by atoms with E-state index in [-0.39, 0.29) is 11.5 Å². The lowest BCUT2D eigenvalue weighted by Crippen LogP contribution is -2.38. The smallest absolute Gasteiger partial charge is 0.266 e. The number of hydrogen-bond donors (Lipinski definition) is 0. The molecule has 2 heterocycles. The van der Waals surface area contributed by atoms with Crippen LogP contribution in [0.4, 0.5) is 0 Å². The summed E-state index contributed by atoms with van der Waals surface area (Å²) in [7, 11) is 1.64. The van der Waals surface area contributed by atoms with Crippen molar-refractivity contribution in [3.8, 4) is 0 Å². The van der Waals surface area contributed by atoms with Crippen molar-refractivity contribution in [1.29, 1.82) is 0 Å². The average molecular weight is 344 g/mol. The van der Waals surface area contributed by atoms with Crippen LogP contribution in [-0.2, 0) is 24.8 Å². The standard InChI is InChI=1S/C18H18ClN3O2/c1-12(9-13-3-5-15(19)6-4-13)18(24)22-8-7-16-14(11-22)10-17(23)21(2)20-16/h3-6,9-10H,7-8,11H2,1-2H3. The van der Waals surface area contributed by atoms with Crippen LogP contribution in [-0.4, -0.2) is 27.1 Å². The number of amides is 1. The van der Waals surface area contributed by atoms with Crippen molar-refractivity contribution in [2.24, 2.45) is 7.05 Å². The van der Waals surface area contributed by atoms with Gasteiger partial charge < -0.3 is 4.90 Å². The number of aryl methyl sites for hydroxylation is 1. The van der Waals surface area contributed by atoms with Gasteiger partial charge in [0.05, 0.1) is 5.69 Å². The summed E-state index contributed by atoms with van der Waals surface area (Å²) in [5, 5.41) is 4.93. The summed E-state index contributed by atoms with van der Waals surface area (Å²) < 4.78 is 1.34. The van der Waals surface area contributed by atoms with Crippen molar-refractivity contribution in [1.82, 2.24) is 14.7 Å². The monoisotopic (exact) mass is 343 g/mol. The highest BCUT2D eigenvalue weighted by molar-refractivity contribution is 6.30. The van der Waals surface area contributed by atoms with E-state index >= 15 is 0 Å². The molecule has 24 heavy (non-hydrogen) atoms. The second-order valence-corrected chi connectivity index (χ2v) is 6.37. The van der Waals surface area contributed by atoms with E-state index in [1.165, 1.54) is 4.68 Å². The van der Waals surface area contributed by atoms with Crippen LogP contribution < -0.4 is 5.56 Å². The molecule has 1 aliphatic rings. The van der Waals surface area contributed by atoms with E-state index in [2.05, 4.69) is 5.10 Å². The van der Waals surface area contributed by atoms with E-state index in [4.69, 9.17) is 11.6 Å². The van der Waals surface area contributed by atoms with Crippen molar-refractivity contribution in [3.05, 3.63) is 68.1 Å². The normalized spacial score (nSPS) is 14.5. The largest absolute Gasteiger partial charge is 0.334 e. The molecule has 0 radical (unpaired) electrons. The van der Waals surface area contributed by atoms with Crippen LogP contribution in [0.1, 0.15) is 23.7 Å². The molecule has 1 amide bonds. The molecule has 0 aliphatic carbocycles. The Bertz CT molecular complexity index is 869. The zero-order valence-corrected chi connectivity index (χ0v) is 14.4. The van der Waals surface area contributed by atoms with Gasteiger partial charge in [0.2, 0.25) is 5.91 Å². The lowest BCUT2D eigenvalue weighted by Gasteiger charge is -2.28. The van der Waals surface area contributed by atoms with Gasteiger partial charge in [0, 0.05) is 48.8 Å². The summed E-state index contributed by atoms with van der Waals surface area (Å²) in [6.07, 6.45) is 2.50. The molecule has 6 heteroatoms. The maximum atomic E-state index is 12.7. The van der Waals surface area contributed by atoms with E-state index in [9.17, 15) is 9.59 Å². The first-order chi connectivity index (χ1) is 11.4. The lowest BCUT2D eigenvalue weighted by atomic mass is 10.0. The Hall–Kier alpha value is -2.40. The predicted octanol–water partition coefficient (Wildman–Crippen LogP) is 2.42. The summed E-state index contributed by atoms with van der Waals surface area (Å²) in [6, 6.07) is 8.91. The second-order valence-electron chi connectivity index (χ2n) is 5.93. The number of nitrogens with zero attached hydrogens (tertiary/aromatic N) is 3. The maximum Gasteiger partial charge on any atom is 0.266 e. The van der Waals surface area contributed by atoms with Gasteiger partial charge >= 0.3 is 0 Å². The Morgan fingerprint density at radius 2 is 2.00 bits per heavy atom. The molecular formula is C18H18ClN3O2. The van der Waals surface area contributed by atoms with Crippen molar-refractivity contribution in [2.75, 3.05) is 6.54 Å². The molecule has 0 atom stereocenters. The van der Waals surface area contributed by atoms with Crippen LogP contribution in [0.25, 0.3) is 6.08 Å². The molecule has 0 fully saturated rings. The highest BCUT2D eigenvalue weighted by Crippen LogP contribution is 2.19. The first-order valence-electron chi connectivity index (χ1n) is 7.73. The number of aromatic nitrogens is 2. The lowest BCUT2D eigenvalue weighted by molar-refractivity contribution is -0.127. The molecule has 0 saturated heterocycles. The quantitative estimate of drug-likeness (QED) is 0.787. The Kier molecular flexibility index (Phi) is 4.53. The zero-order chi connectivity index (χ0) is 17.3. The SMILES string of the molecule is CC(=Cc1ccc(Cl)cc1)C(=O)N1CCc2nn(C)c(=O)cc2C1. The fourth-order valence-corrected chi connectivity index (χ4v) is 2.91. The van der Waals surface area contributed by atoms with Crippen LogP contribution in [0.3, 0.4) is 0 Å². The van der Waals surface area contributed by atoms with Crippen LogP contribution in [0.2, 0.25) is 5.02 Å². The molecule has 124 valence electrons. The van der Waals surface area contributed by atoms with Crippen LogP contribution in [0.5, 0.6) is 0 Å². The molecule has 0 unspecified atom stereocenters. The van der Waals surface area contributed by atoms with Gasteiger partial charge in [-0.25, -0.2) is 4.68 Å². The van der Waals surface area contributed by atoms with Crippen LogP contribution in [0, 0.1) is 0 Å². The molecule has 2 aromatic rings. The molecule has 0 saturated carbocycles. The van der Waals surface area contributed by atoms with E-state index in [0.717, 1.165) is 16.8 Å². The number of carbonyl (C=O) groups is 1. The summed E-state index contributed by atoms with van der Waals surface area (Å²) >= 11 is 5.88. The van der Waals surface area contributed by atoms with Crippen molar-refractivity contribution < 1.29 is 4.79 Å². The first kappa shape index (κ1) is 16.5. The molecule has 5 nitrogen and oxygen atoms in total. The summed E-state index contributed by atoms with van der Waals surface area (Å²) in [5.74, 6) is -0.0312. The molecular weight excluding hydrogens is 326 g/mol. The number of halogens is 1. The molecule has 0 spiro atoms. The van der Waals surface area contributed by atoms with Gasteiger partial charge in [-0.15, -0.1) is 0 Å². The van der Waals surface area contributed by atoms with Gasteiger partial charge in [-0.1, -0.05) is 23.7 Å². The van der Waals surface area contributed by atoms with Gasteiger partial charge in [-0.3, -0.25) is 9.59 Å². The summed E-state index contributed by atoms with van der Waals surface area (Å²) in [5.41, 5.74) is 3.14. The maximum absolute atomic E-state index is 12.7. The molecule has 1 aromatic carbocycles. The predicted molar refractivity (Wildman–Crippen MR) is 93.7 cm³/mol. The van der Waals surface area contributed by atoms with Crippen LogP contribution >= 0.6 is 11.6 Å². The van der Waals surface area contributed by atoms with Gasteiger partial charge in [0.25, 0.3) is 5.56 Å². The Morgan fingerprint density at radius 1 is 1.29 bits per heavy atom. The minimum Gasteiger partial charge on any atom is -0.334 e.